The number of para-hydroxylation sites is 2. The summed E-state index contributed by atoms with van der Waals surface area (Å²) in [6.45, 7) is 0. The summed E-state index contributed by atoms with van der Waals surface area (Å²) >= 11 is 6.32. The molecular formula is C12H12NO2PS2+. The summed E-state index contributed by atoms with van der Waals surface area (Å²) in [5.41, 5.74) is -2.62. The highest BCUT2D eigenvalue weighted by Crippen LogP contribution is 2.57. The van der Waals surface area contributed by atoms with Crippen molar-refractivity contribution in [3.05, 3.63) is 60.7 Å². The van der Waals surface area contributed by atoms with Crippen molar-refractivity contribution >= 4 is 29.1 Å². The van der Waals surface area contributed by atoms with Crippen LogP contribution >= 0.6 is 17.3 Å². The Morgan fingerprint density at radius 2 is 1.56 bits per heavy atom. The normalized spacial score (nSPS) is 13.6. The van der Waals surface area contributed by atoms with Crippen molar-refractivity contribution in [1.29, 1.82) is 0 Å². The maximum atomic E-state index is 5.70. The van der Waals surface area contributed by atoms with Gasteiger partial charge < -0.3 is 4.52 Å². The summed E-state index contributed by atoms with van der Waals surface area (Å²) in [6, 6.07) is 18.6. The first-order valence-electron chi connectivity index (χ1n) is 5.20. The molecule has 3 nitrogen and oxygen atoms in total. The fourth-order valence-corrected chi connectivity index (χ4v) is 3.46. The van der Waals surface area contributed by atoms with E-state index in [0.29, 0.717) is 11.5 Å². The van der Waals surface area contributed by atoms with Gasteiger partial charge in [0.15, 0.2) is 0 Å². The van der Waals surface area contributed by atoms with Gasteiger partial charge in [0.2, 0.25) is 0 Å². The predicted octanol–water partition coefficient (Wildman–Crippen LogP) is 3.98. The van der Waals surface area contributed by atoms with Crippen LogP contribution in [0.4, 0.5) is 0 Å². The molecule has 0 saturated heterocycles. The van der Waals surface area contributed by atoms with Crippen molar-refractivity contribution in [2.45, 2.75) is 0 Å². The van der Waals surface area contributed by atoms with Crippen molar-refractivity contribution in [2.24, 2.45) is 5.14 Å². The highest BCUT2D eigenvalue weighted by Gasteiger charge is 2.37. The smallest absolute Gasteiger partial charge is 0.388 e. The molecule has 18 heavy (non-hydrogen) atoms. The molecule has 93 valence electrons. The first-order valence-corrected chi connectivity index (χ1v) is 9.32. The fraction of sp³-hybridized carbons (Fsp3) is 0. The molecule has 1 radical (unpaired) electrons. The lowest BCUT2D eigenvalue weighted by atomic mass is 10.3. The lowest BCUT2D eigenvalue weighted by molar-refractivity contribution is 0.506. The number of benzene rings is 2. The summed E-state index contributed by atoms with van der Waals surface area (Å²) in [5.74, 6) is 1.32. The fourth-order valence-electron chi connectivity index (χ4n) is 1.28. The number of hydrogen-bond acceptors (Lipinski definition) is 5. The predicted molar refractivity (Wildman–Crippen MR) is 80.2 cm³/mol. The number of hydrogen-bond donors (Lipinski definition) is 1. The van der Waals surface area contributed by atoms with Crippen LogP contribution in [0.5, 0.6) is 11.5 Å². The minimum atomic E-state index is -2.62. The average molecular weight is 297 g/mol. The van der Waals surface area contributed by atoms with E-state index in [1.54, 1.807) is 0 Å². The summed E-state index contributed by atoms with van der Waals surface area (Å²) in [7, 11) is 0. The van der Waals surface area contributed by atoms with Crippen LogP contribution in [-0.2, 0) is 11.8 Å². The molecule has 0 spiro atoms. The molecule has 0 bridgehead atoms. The maximum Gasteiger partial charge on any atom is 0.583 e. The van der Waals surface area contributed by atoms with Gasteiger partial charge in [0.05, 0.1) is 23.4 Å². The van der Waals surface area contributed by atoms with E-state index in [1.165, 1.54) is 0 Å². The molecule has 2 N–H and O–H groups in total. The Labute approximate surface area is 115 Å². The molecule has 0 saturated carbocycles. The lowest BCUT2D eigenvalue weighted by Crippen LogP contribution is -1.99. The van der Waals surface area contributed by atoms with E-state index in [1.807, 2.05) is 60.7 Å². The van der Waals surface area contributed by atoms with Crippen LogP contribution in [-0.4, -0.2) is 0 Å². The zero-order valence-corrected chi connectivity index (χ0v) is 12.0. The Hall–Kier alpha value is -1.00. The standard InChI is InChI=1S/C12H12NO2PS2/c13-18-16(17,14-11-7-3-1-4-8-11)15-12-9-5-2-6-10-12/h1-10H,13H2/q+1. The van der Waals surface area contributed by atoms with Gasteiger partial charge in [-0.05, 0) is 12.1 Å². The Morgan fingerprint density at radius 1 is 1.00 bits per heavy atom. The van der Waals surface area contributed by atoms with Gasteiger partial charge >= 0.3 is 11.4 Å². The van der Waals surface area contributed by atoms with Crippen LogP contribution in [0.2, 0.25) is 0 Å². The summed E-state index contributed by atoms with van der Waals surface area (Å²) < 4.78 is 11.4. The molecule has 0 aliphatic carbocycles. The molecule has 0 atom stereocenters. The number of rotatable bonds is 5. The van der Waals surface area contributed by atoms with Crippen LogP contribution in [0.1, 0.15) is 0 Å². The molecule has 0 amide bonds. The Morgan fingerprint density at radius 3 is 2.11 bits per heavy atom. The highest BCUT2D eigenvalue weighted by molar-refractivity contribution is 8.67. The quantitative estimate of drug-likeness (QED) is 0.514. The van der Waals surface area contributed by atoms with Gasteiger partial charge in [-0.2, -0.15) is 4.52 Å². The van der Waals surface area contributed by atoms with E-state index in [-0.39, 0.29) is 0 Å². The van der Waals surface area contributed by atoms with Crippen molar-refractivity contribution in [3.63, 3.8) is 0 Å². The molecule has 0 aromatic heterocycles. The van der Waals surface area contributed by atoms with E-state index < -0.39 is 5.69 Å². The summed E-state index contributed by atoms with van der Waals surface area (Å²) in [6.07, 6.45) is 0. The SMILES string of the molecule is NSP(=S)(Oc1ccccc1)[O+]c1ccccc1. The van der Waals surface area contributed by atoms with Gasteiger partial charge in [-0.25, -0.2) is 0 Å². The number of nitrogens with two attached hydrogens (primary N) is 1. The van der Waals surface area contributed by atoms with Gasteiger partial charge in [-0.15, -0.1) is 0 Å². The lowest BCUT2D eigenvalue weighted by Gasteiger charge is -2.08. The van der Waals surface area contributed by atoms with Crippen LogP contribution in [0.15, 0.2) is 60.7 Å². The van der Waals surface area contributed by atoms with E-state index in [0.717, 1.165) is 11.6 Å². The van der Waals surface area contributed by atoms with E-state index in [9.17, 15) is 0 Å². The van der Waals surface area contributed by atoms with E-state index >= 15 is 0 Å². The summed E-state index contributed by atoms with van der Waals surface area (Å²) in [4.78, 5) is 0. The second-order valence-corrected chi connectivity index (χ2v) is 9.04. The Kier molecular flexibility index (Phi) is 4.66. The van der Waals surface area contributed by atoms with Crippen molar-refractivity contribution in [3.8, 4) is 11.5 Å². The van der Waals surface area contributed by atoms with Crippen LogP contribution < -0.4 is 14.2 Å². The molecule has 2 aromatic carbocycles. The van der Waals surface area contributed by atoms with Gasteiger partial charge in [0.25, 0.3) is 0 Å². The molecule has 0 aliphatic heterocycles. The van der Waals surface area contributed by atoms with Gasteiger partial charge in [0, 0.05) is 12.1 Å². The van der Waals surface area contributed by atoms with Crippen LogP contribution in [0, 0.1) is 0 Å². The highest BCUT2D eigenvalue weighted by atomic mass is 32.9. The molecule has 0 heterocycles. The molecule has 0 fully saturated rings. The van der Waals surface area contributed by atoms with Crippen molar-refractivity contribution in [2.75, 3.05) is 0 Å². The van der Waals surface area contributed by atoms with Gasteiger partial charge in [0.1, 0.15) is 5.75 Å². The zero-order chi connectivity index (χ0) is 12.8. The third-order valence-electron chi connectivity index (χ3n) is 2.05. The van der Waals surface area contributed by atoms with Crippen LogP contribution in [0.3, 0.4) is 0 Å². The van der Waals surface area contributed by atoms with Gasteiger partial charge in [-0.3, -0.25) is 5.14 Å². The second-order valence-electron chi connectivity index (χ2n) is 3.36. The molecule has 0 unspecified atom stereocenters. The van der Waals surface area contributed by atoms with E-state index in [4.69, 9.17) is 26.0 Å². The molecule has 2 aromatic rings. The minimum absolute atomic E-state index is 0.662. The Bertz CT molecular complexity index is 491. The van der Waals surface area contributed by atoms with Gasteiger partial charge in [-0.1, -0.05) is 36.4 Å². The first kappa shape index (κ1) is 13.4. The largest absolute Gasteiger partial charge is 0.583 e. The second kappa shape index (κ2) is 6.25. The molecule has 6 heteroatoms. The maximum absolute atomic E-state index is 5.70. The molecule has 0 aliphatic rings. The molecule has 2 rings (SSSR count). The topological polar surface area (TPSA) is 46.5 Å². The molecular weight excluding hydrogens is 285 g/mol. The zero-order valence-electron chi connectivity index (χ0n) is 9.43. The third kappa shape index (κ3) is 3.75. The minimum Gasteiger partial charge on any atom is -0.388 e. The monoisotopic (exact) mass is 297 g/mol. The average Bonchev–Trinajstić information content (AvgIpc) is 2.41. The Balaban J connectivity index is 2.14. The van der Waals surface area contributed by atoms with Crippen LogP contribution in [0.25, 0.3) is 0 Å². The third-order valence-corrected chi connectivity index (χ3v) is 5.62. The van der Waals surface area contributed by atoms with Crippen molar-refractivity contribution in [1.82, 2.24) is 0 Å². The van der Waals surface area contributed by atoms with E-state index in [2.05, 4.69) is 0 Å². The van der Waals surface area contributed by atoms with Crippen molar-refractivity contribution < 1.29 is 9.05 Å². The summed E-state index contributed by atoms with van der Waals surface area (Å²) in [5, 5.41) is 5.61. The first-order chi connectivity index (χ1) is 8.72.